The van der Waals surface area contributed by atoms with Crippen molar-refractivity contribution in [1.29, 1.82) is 0 Å². The van der Waals surface area contributed by atoms with Crippen molar-refractivity contribution in [3.8, 4) is 16.9 Å². The molecule has 6 heteroatoms. The Labute approximate surface area is 148 Å². The van der Waals surface area contributed by atoms with E-state index in [0.717, 1.165) is 36.1 Å². The van der Waals surface area contributed by atoms with Crippen LogP contribution in [0.4, 0.5) is 22.0 Å². The maximum absolute atomic E-state index is 14.5. The normalized spacial score (nSPS) is 14.0. The first-order chi connectivity index (χ1) is 12.3. The van der Waals surface area contributed by atoms with Crippen LogP contribution in [-0.2, 0) is 12.8 Å². The van der Waals surface area contributed by atoms with Gasteiger partial charge in [0.2, 0.25) is 0 Å². The standard InChI is InChI=1S/C20H17F5O/c1-2-3-12-4-5-13-9-16(17(21)11-15(13)8-12)14-6-7-19(18(22)10-14)26-20(23,24)25/h4,6-7,9-11H,2-3,5,8H2,1H3. The summed E-state index contributed by atoms with van der Waals surface area (Å²) in [4.78, 5) is 0. The molecule has 1 nitrogen and oxygen atoms in total. The molecule has 1 aliphatic rings. The molecule has 0 spiro atoms. The first-order valence-electron chi connectivity index (χ1n) is 8.31. The number of rotatable bonds is 4. The number of ether oxygens (including phenoxy) is 1. The number of hydrogen-bond acceptors (Lipinski definition) is 1. The van der Waals surface area contributed by atoms with Crippen LogP contribution in [-0.4, -0.2) is 6.36 Å². The van der Waals surface area contributed by atoms with E-state index in [-0.39, 0.29) is 11.1 Å². The summed E-state index contributed by atoms with van der Waals surface area (Å²) < 4.78 is 68.7. The Morgan fingerprint density at radius 1 is 1.00 bits per heavy atom. The largest absolute Gasteiger partial charge is 0.573 e. The number of allylic oxidation sites excluding steroid dienone is 2. The third-order valence-corrected chi connectivity index (χ3v) is 4.36. The van der Waals surface area contributed by atoms with Crippen molar-refractivity contribution in [2.45, 2.75) is 39.0 Å². The predicted octanol–water partition coefficient (Wildman–Crippen LogP) is 6.36. The van der Waals surface area contributed by atoms with Gasteiger partial charge in [0.25, 0.3) is 0 Å². The molecule has 0 bridgehead atoms. The van der Waals surface area contributed by atoms with Crippen LogP contribution < -0.4 is 4.74 Å². The van der Waals surface area contributed by atoms with Crippen molar-refractivity contribution in [1.82, 2.24) is 0 Å². The summed E-state index contributed by atoms with van der Waals surface area (Å²) in [6.07, 6.45) is 0.473. The van der Waals surface area contributed by atoms with Crippen LogP contribution in [0.2, 0.25) is 0 Å². The molecule has 2 aromatic carbocycles. The maximum atomic E-state index is 14.5. The monoisotopic (exact) mass is 368 g/mol. The minimum Gasteiger partial charge on any atom is -0.403 e. The summed E-state index contributed by atoms with van der Waals surface area (Å²) in [5.74, 6) is -2.65. The number of fused-ring (bicyclic) bond motifs is 1. The van der Waals surface area contributed by atoms with Gasteiger partial charge in [0.05, 0.1) is 0 Å². The number of hydrogen-bond donors (Lipinski definition) is 0. The van der Waals surface area contributed by atoms with Gasteiger partial charge < -0.3 is 4.74 Å². The summed E-state index contributed by atoms with van der Waals surface area (Å²) in [6, 6.07) is 6.01. The lowest BCUT2D eigenvalue weighted by Crippen LogP contribution is -2.17. The van der Waals surface area contributed by atoms with Crippen molar-refractivity contribution in [3.05, 3.63) is 64.7 Å². The van der Waals surface area contributed by atoms with Crippen LogP contribution in [0, 0.1) is 11.6 Å². The molecule has 0 radical (unpaired) electrons. The van der Waals surface area contributed by atoms with Crippen LogP contribution in [0.3, 0.4) is 0 Å². The van der Waals surface area contributed by atoms with Gasteiger partial charge in [-0.15, -0.1) is 13.2 Å². The zero-order chi connectivity index (χ0) is 18.9. The lowest BCUT2D eigenvalue weighted by molar-refractivity contribution is -0.275. The van der Waals surface area contributed by atoms with Crippen molar-refractivity contribution < 1.29 is 26.7 Å². The molecular weight excluding hydrogens is 351 g/mol. The second-order valence-electron chi connectivity index (χ2n) is 6.29. The number of alkyl halides is 3. The van der Waals surface area contributed by atoms with E-state index < -0.39 is 23.7 Å². The van der Waals surface area contributed by atoms with Gasteiger partial charge in [-0.25, -0.2) is 8.78 Å². The fraction of sp³-hybridized carbons (Fsp3) is 0.300. The molecule has 3 rings (SSSR count). The molecule has 1 aliphatic carbocycles. The van der Waals surface area contributed by atoms with Gasteiger partial charge in [-0.2, -0.15) is 0 Å². The number of halogens is 5. The zero-order valence-corrected chi connectivity index (χ0v) is 14.1. The third kappa shape index (κ3) is 4.06. The van der Waals surface area contributed by atoms with Gasteiger partial charge in [0.1, 0.15) is 5.82 Å². The topological polar surface area (TPSA) is 9.23 Å². The predicted molar refractivity (Wildman–Crippen MR) is 88.9 cm³/mol. The van der Waals surface area contributed by atoms with Gasteiger partial charge in [-0.05, 0) is 60.2 Å². The summed E-state index contributed by atoms with van der Waals surface area (Å²) >= 11 is 0. The molecule has 0 amide bonds. The SMILES string of the molecule is CCCC1=CCc2cc(-c3ccc(OC(F)(F)F)c(F)c3)c(F)cc2C1. The lowest BCUT2D eigenvalue weighted by Gasteiger charge is -2.19. The van der Waals surface area contributed by atoms with Gasteiger partial charge in [-0.1, -0.05) is 31.1 Å². The fourth-order valence-corrected chi connectivity index (χ4v) is 3.19. The Bertz CT molecular complexity index is 852. The molecule has 0 unspecified atom stereocenters. The lowest BCUT2D eigenvalue weighted by atomic mass is 9.87. The molecule has 0 N–H and O–H groups in total. The first-order valence-corrected chi connectivity index (χ1v) is 8.31. The molecule has 0 aliphatic heterocycles. The van der Waals surface area contributed by atoms with Crippen LogP contribution in [0.25, 0.3) is 11.1 Å². The van der Waals surface area contributed by atoms with Gasteiger partial charge in [0.15, 0.2) is 11.6 Å². The average Bonchev–Trinajstić information content (AvgIpc) is 2.55. The van der Waals surface area contributed by atoms with Crippen molar-refractivity contribution >= 4 is 0 Å². The molecule has 0 saturated carbocycles. The highest BCUT2D eigenvalue weighted by Crippen LogP contribution is 2.34. The van der Waals surface area contributed by atoms with Crippen LogP contribution in [0.1, 0.15) is 30.9 Å². The van der Waals surface area contributed by atoms with E-state index in [1.54, 1.807) is 6.07 Å². The fourth-order valence-electron chi connectivity index (χ4n) is 3.19. The molecule has 0 saturated heterocycles. The quantitative estimate of drug-likeness (QED) is 0.451. The molecule has 0 atom stereocenters. The van der Waals surface area contributed by atoms with Gasteiger partial charge in [-0.3, -0.25) is 0 Å². The average molecular weight is 368 g/mol. The molecular formula is C20H17F5O. The smallest absolute Gasteiger partial charge is 0.403 e. The molecule has 138 valence electrons. The second kappa shape index (κ2) is 7.09. The van der Waals surface area contributed by atoms with E-state index in [4.69, 9.17) is 0 Å². The summed E-state index contributed by atoms with van der Waals surface area (Å²) in [7, 11) is 0. The number of benzene rings is 2. The van der Waals surface area contributed by atoms with Crippen LogP contribution in [0.15, 0.2) is 42.0 Å². The van der Waals surface area contributed by atoms with Gasteiger partial charge >= 0.3 is 6.36 Å². The van der Waals surface area contributed by atoms with E-state index in [2.05, 4.69) is 17.7 Å². The molecule has 0 aromatic heterocycles. The molecule has 0 fully saturated rings. The Morgan fingerprint density at radius 3 is 2.42 bits per heavy atom. The van der Waals surface area contributed by atoms with Crippen molar-refractivity contribution in [2.75, 3.05) is 0 Å². The highest BCUT2D eigenvalue weighted by atomic mass is 19.4. The highest BCUT2D eigenvalue weighted by Gasteiger charge is 2.32. The summed E-state index contributed by atoms with van der Waals surface area (Å²) in [6.45, 7) is 2.08. The van der Waals surface area contributed by atoms with Crippen LogP contribution in [0.5, 0.6) is 5.75 Å². The summed E-state index contributed by atoms with van der Waals surface area (Å²) in [5, 5.41) is 0. The first kappa shape index (κ1) is 18.4. The second-order valence-corrected chi connectivity index (χ2v) is 6.29. The third-order valence-electron chi connectivity index (χ3n) is 4.36. The van der Waals surface area contributed by atoms with E-state index in [1.807, 2.05) is 0 Å². The molecule has 2 aromatic rings. The van der Waals surface area contributed by atoms with Gasteiger partial charge in [0, 0.05) is 5.56 Å². The van der Waals surface area contributed by atoms with Crippen LogP contribution >= 0.6 is 0 Å². The maximum Gasteiger partial charge on any atom is 0.573 e. The molecule has 26 heavy (non-hydrogen) atoms. The Hall–Kier alpha value is -2.37. The summed E-state index contributed by atoms with van der Waals surface area (Å²) in [5.41, 5.74) is 3.44. The molecule has 0 heterocycles. The Balaban J connectivity index is 1.91. The minimum absolute atomic E-state index is 0.161. The van der Waals surface area contributed by atoms with E-state index in [9.17, 15) is 22.0 Å². The highest BCUT2D eigenvalue weighted by molar-refractivity contribution is 5.67. The van der Waals surface area contributed by atoms with Crippen molar-refractivity contribution in [3.63, 3.8) is 0 Å². The zero-order valence-electron chi connectivity index (χ0n) is 14.1. The minimum atomic E-state index is -4.98. The Kier molecular flexibility index (Phi) is 5.03. The Morgan fingerprint density at radius 2 is 1.77 bits per heavy atom. The van der Waals surface area contributed by atoms with E-state index >= 15 is 0 Å². The van der Waals surface area contributed by atoms with E-state index in [0.29, 0.717) is 12.8 Å². The van der Waals surface area contributed by atoms with Crippen molar-refractivity contribution in [2.24, 2.45) is 0 Å². The van der Waals surface area contributed by atoms with E-state index in [1.165, 1.54) is 17.7 Å².